The lowest BCUT2D eigenvalue weighted by atomic mass is 9.49. The summed E-state index contributed by atoms with van der Waals surface area (Å²) >= 11 is 0. The maximum Gasteiger partial charge on any atom is 0.338 e. The van der Waals surface area contributed by atoms with Crippen molar-refractivity contribution < 1.29 is 49.1 Å². The van der Waals surface area contributed by atoms with Gasteiger partial charge in [0.15, 0.2) is 11.2 Å². The Morgan fingerprint density at radius 2 is 1.05 bits per heavy atom. The molecule has 10 nitrogen and oxygen atoms in total. The van der Waals surface area contributed by atoms with Crippen molar-refractivity contribution in [2.45, 2.75) is 25.0 Å². The minimum absolute atomic E-state index is 0.318. The van der Waals surface area contributed by atoms with Crippen molar-refractivity contribution in [3.63, 3.8) is 0 Å². The second-order valence-corrected chi connectivity index (χ2v) is 4.61. The summed E-state index contributed by atoms with van der Waals surface area (Å²) < 4.78 is 9.84. The van der Waals surface area contributed by atoms with Crippen molar-refractivity contribution in [2.75, 3.05) is 13.2 Å². The van der Waals surface area contributed by atoms with Crippen LogP contribution >= 0.6 is 0 Å². The smallest absolute Gasteiger partial charge is 0.338 e. The Balaban J connectivity index is 3.65. The average Bonchev–Trinajstić information content (AvgIpc) is 2.34. The highest BCUT2D eigenvalue weighted by Gasteiger charge is 2.85. The van der Waals surface area contributed by atoms with Crippen molar-refractivity contribution >= 4 is 23.9 Å². The lowest BCUT2D eigenvalue weighted by Gasteiger charge is -2.58. The minimum atomic E-state index is -2.72. The molecular weight excluding hydrogens is 304 g/mol. The van der Waals surface area contributed by atoms with Crippen LogP contribution in [0.5, 0.6) is 0 Å². The third-order valence-corrected chi connectivity index (χ3v) is 3.64. The Bertz CT molecular complexity index is 456. The van der Waals surface area contributed by atoms with Crippen molar-refractivity contribution in [3.8, 4) is 0 Å². The van der Waals surface area contributed by atoms with Crippen LogP contribution in [0.4, 0.5) is 0 Å². The second kappa shape index (κ2) is 5.89. The van der Waals surface area contributed by atoms with Gasteiger partial charge in [-0.3, -0.25) is 9.59 Å². The van der Waals surface area contributed by atoms with Gasteiger partial charge in [-0.1, -0.05) is 0 Å². The standard InChI is InChI=1S/C12H16O10/c1-3-21-11(9(17)18)5(7(13)14)12(10(19)20,22-4-2)6(11)8(15)16/h5-6H,3-4H2,1-2H3,(H,13,14)(H,15,16)(H,17,18)(H,19,20). The number of ether oxygens (including phenoxy) is 2. The van der Waals surface area contributed by atoms with E-state index < -0.39 is 46.9 Å². The van der Waals surface area contributed by atoms with E-state index in [2.05, 4.69) is 0 Å². The molecule has 1 saturated carbocycles. The summed E-state index contributed by atoms with van der Waals surface area (Å²) in [6, 6.07) is 0. The molecule has 0 aromatic carbocycles. The van der Waals surface area contributed by atoms with Gasteiger partial charge in [0.05, 0.1) is 0 Å². The molecule has 0 aliphatic heterocycles. The predicted molar refractivity (Wildman–Crippen MR) is 66.2 cm³/mol. The van der Waals surface area contributed by atoms with Gasteiger partial charge in [-0.25, -0.2) is 9.59 Å². The Morgan fingerprint density at radius 1 is 0.773 bits per heavy atom. The summed E-state index contributed by atoms with van der Waals surface area (Å²) in [6.07, 6.45) is 0. The molecule has 0 aromatic rings. The molecule has 4 N–H and O–H groups in total. The lowest BCUT2D eigenvalue weighted by molar-refractivity contribution is -0.300. The fourth-order valence-electron chi connectivity index (χ4n) is 3.04. The summed E-state index contributed by atoms with van der Waals surface area (Å²) in [7, 11) is 0. The van der Waals surface area contributed by atoms with E-state index in [1.807, 2.05) is 0 Å². The van der Waals surface area contributed by atoms with Crippen LogP contribution < -0.4 is 0 Å². The molecule has 0 amide bonds. The largest absolute Gasteiger partial charge is 0.481 e. The molecule has 124 valence electrons. The number of carboxylic acid groups (broad SMARTS) is 4. The van der Waals surface area contributed by atoms with E-state index in [9.17, 15) is 39.6 Å². The van der Waals surface area contributed by atoms with Crippen LogP contribution in [0.25, 0.3) is 0 Å². The minimum Gasteiger partial charge on any atom is -0.481 e. The van der Waals surface area contributed by atoms with Gasteiger partial charge in [-0.2, -0.15) is 0 Å². The molecule has 0 spiro atoms. The first kappa shape index (κ1) is 17.9. The van der Waals surface area contributed by atoms with E-state index in [0.717, 1.165) is 0 Å². The summed E-state index contributed by atoms with van der Waals surface area (Å²) in [4.78, 5) is 46.0. The quantitative estimate of drug-likeness (QED) is 0.440. The molecule has 0 radical (unpaired) electrons. The molecule has 0 unspecified atom stereocenters. The molecule has 22 heavy (non-hydrogen) atoms. The molecule has 0 saturated heterocycles. The molecule has 0 heterocycles. The fourth-order valence-corrected chi connectivity index (χ4v) is 3.04. The second-order valence-electron chi connectivity index (χ2n) is 4.61. The fraction of sp³-hybridized carbons (Fsp3) is 0.667. The molecule has 10 heteroatoms. The van der Waals surface area contributed by atoms with Gasteiger partial charge in [0.25, 0.3) is 0 Å². The van der Waals surface area contributed by atoms with Gasteiger partial charge in [0.2, 0.25) is 0 Å². The predicted octanol–water partition coefficient (Wildman–Crippen LogP) is -0.879. The van der Waals surface area contributed by atoms with Gasteiger partial charge in [-0.15, -0.1) is 0 Å². The highest BCUT2D eigenvalue weighted by molar-refractivity contribution is 6.04. The van der Waals surface area contributed by atoms with Crippen LogP contribution in [0.2, 0.25) is 0 Å². The molecule has 1 fully saturated rings. The van der Waals surface area contributed by atoms with Crippen molar-refractivity contribution in [1.29, 1.82) is 0 Å². The zero-order valence-corrected chi connectivity index (χ0v) is 11.8. The number of carbonyl (C=O) groups is 4. The number of hydrogen-bond acceptors (Lipinski definition) is 6. The zero-order chi connectivity index (χ0) is 17.3. The van der Waals surface area contributed by atoms with E-state index in [4.69, 9.17) is 9.47 Å². The van der Waals surface area contributed by atoms with Crippen LogP contribution in [0.1, 0.15) is 13.8 Å². The Kier molecular flexibility index (Phi) is 4.78. The average molecular weight is 320 g/mol. The first-order chi connectivity index (χ1) is 10.1. The lowest BCUT2D eigenvalue weighted by Crippen LogP contribution is -2.84. The van der Waals surface area contributed by atoms with E-state index >= 15 is 0 Å². The summed E-state index contributed by atoms with van der Waals surface area (Å²) in [5.41, 5.74) is -5.44. The third kappa shape index (κ3) is 2.03. The van der Waals surface area contributed by atoms with Gasteiger partial charge < -0.3 is 29.9 Å². The van der Waals surface area contributed by atoms with E-state index in [1.165, 1.54) is 13.8 Å². The SMILES string of the molecule is CCOC1(C(=O)O)C(C(=O)O)C(OCC)(C(=O)O)C1C(=O)O. The van der Waals surface area contributed by atoms with Crippen molar-refractivity contribution in [1.82, 2.24) is 0 Å². The maximum atomic E-state index is 11.5. The van der Waals surface area contributed by atoms with Gasteiger partial charge in [0, 0.05) is 13.2 Å². The molecule has 1 aliphatic rings. The van der Waals surface area contributed by atoms with Crippen molar-refractivity contribution in [2.24, 2.45) is 11.8 Å². The molecule has 1 aliphatic carbocycles. The Morgan fingerprint density at radius 3 is 1.18 bits per heavy atom. The topological polar surface area (TPSA) is 168 Å². The number of hydrogen-bond donors (Lipinski definition) is 4. The normalized spacial score (nSPS) is 33.7. The van der Waals surface area contributed by atoms with Gasteiger partial charge in [-0.05, 0) is 13.8 Å². The summed E-state index contributed by atoms with van der Waals surface area (Å²) in [5, 5.41) is 37.2. The number of rotatable bonds is 8. The van der Waals surface area contributed by atoms with Crippen LogP contribution in [-0.2, 0) is 28.7 Å². The first-order valence-corrected chi connectivity index (χ1v) is 6.34. The van der Waals surface area contributed by atoms with E-state index in [1.54, 1.807) is 0 Å². The molecule has 0 atom stereocenters. The molecule has 0 bridgehead atoms. The molecule has 1 rings (SSSR count). The first-order valence-electron chi connectivity index (χ1n) is 6.34. The van der Waals surface area contributed by atoms with Gasteiger partial charge >= 0.3 is 23.9 Å². The Hall–Kier alpha value is -2.20. The van der Waals surface area contributed by atoms with Crippen molar-refractivity contribution in [3.05, 3.63) is 0 Å². The zero-order valence-electron chi connectivity index (χ0n) is 11.8. The van der Waals surface area contributed by atoms with Crippen LogP contribution in [0.15, 0.2) is 0 Å². The maximum absolute atomic E-state index is 11.5. The number of carboxylic acids is 4. The summed E-state index contributed by atoms with van der Waals surface area (Å²) in [5.74, 6) is -11.8. The Labute approximate surface area is 124 Å². The van der Waals surface area contributed by atoms with E-state index in [-0.39, 0.29) is 13.2 Å². The monoisotopic (exact) mass is 320 g/mol. The number of aliphatic carboxylic acids is 4. The van der Waals surface area contributed by atoms with Crippen LogP contribution in [-0.4, -0.2) is 68.7 Å². The highest BCUT2D eigenvalue weighted by atomic mass is 16.6. The van der Waals surface area contributed by atoms with Gasteiger partial charge in [0.1, 0.15) is 11.8 Å². The third-order valence-electron chi connectivity index (χ3n) is 3.64. The van der Waals surface area contributed by atoms with Crippen LogP contribution in [0.3, 0.4) is 0 Å². The van der Waals surface area contributed by atoms with Crippen LogP contribution in [0, 0.1) is 11.8 Å². The molecule has 0 aromatic heterocycles. The van der Waals surface area contributed by atoms with E-state index in [0.29, 0.717) is 0 Å². The highest BCUT2D eigenvalue weighted by Crippen LogP contribution is 2.57. The molecular formula is C12H16O10. The summed E-state index contributed by atoms with van der Waals surface area (Å²) in [6.45, 7) is 2.04.